The van der Waals surface area contributed by atoms with Crippen molar-refractivity contribution in [1.82, 2.24) is 9.78 Å². The van der Waals surface area contributed by atoms with Crippen molar-refractivity contribution in [3.8, 4) is 0 Å². The van der Waals surface area contributed by atoms with Crippen LogP contribution in [0.3, 0.4) is 0 Å². The summed E-state index contributed by atoms with van der Waals surface area (Å²) in [6.07, 6.45) is 7.30. The van der Waals surface area contributed by atoms with Crippen LogP contribution in [0.5, 0.6) is 0 Å². The van der Waals surface area contributed by atoms with Gasteiger partial charge in [-0.2, -0.15) is 5.10 Å². The molecule has 88 valence electrons. The van der Waals surface area contributed by atoms with Crippen LogP contribution in [0.4, 0.5) is 0 Å². The van der Waals surface area contributed by atoms with E-state index < -0.39 is 0 Å². The van der Waals surface area contributed by atoms with Gasteiger partial charge >= 0.3 is 0 Å². The number of ether oxygens (including phenoxy) is 1. The summed E-state index contributed by atoms with van der Waals surface area (Å²) >= 11 is 0. The van der Waals surface area contributed by atoms with Crippen LogP contribution in [0.15, 0.2) is 31.0 Å². The molecule has 1 aliphatic heterocycles. The molecule has 0 spiro atoms. The fourth-order valence-electron chi connectivity index (χ4n) is 2.34. The van der Waals surface area contributed by atoms with Crippen molar-refractivity contribution >= 4 is 17.0 Å². The molecule has 1 atom stereocenters. The molecule has 3 nitrogen and oxygen atoms in total. The lowest BCUT2D eigenvalue weighted by molar-refractivity contribution is -0.0366. The minimum Gasteiger partial charge on any atom is -0.356 e. The summed E-state index contributed by atoms with van der Waals surface area (Å²) in [6.45, 7) is 4.63. The topological polar surface area (TPSA) is 27.1 Å². The summed E-state index contributed by atoms with van der Waals surface area (Å²) in [7, 11) is 0. The molecule has 0 aliphatic carbocycles. The summed E-state index contributed by atoms with van der Waals surface area (Å²) in [5.41, 5.74) is 2.27. The average molecular weight is 228 g/mol. The maximum Gasteiger partial charge on any atom is 0.150 e. The van der Waals surface area contributed by atoms with E-state index in [0.717, 1.165) is 35.9 Å². The number of rotatable bonds is 2. The largest absolute Gasteiger partial charge is 0.356 e. The Hall–Kier alpha value is -1.61. The molecule has 0 unspecified atom stereocenters. The first-order valence-electron chi connectivity index (χ1n) is 6.10. The van der Waals surface area contributed by atoms with Gasteiger partial charge in [-0.05, 0) is 37.0 Å². The highest BCUT2D eigenvalue weighted by Crippen LogP contribution is 2.26. The first kappa shape index (κ1) is 10.5. The van der Waals surface area contributed by atoms with Crippen LogP contribution in [-0.2, 0) is 4.74 Å². The van der Waals surface area contributed by atoms with Crippen molar-refractivity contribution in [3.63, 3.8) is 0 Å². The first-order valence-corrected chi connectivity index (χ1v) is 6.10. The number of hydrogen-bond acceptors (Lipinski definition) is 2. The highest BCUT2D eigenvalue weighted by molar-refractivity contribution is 5.81. The maximum absolute atomic E-state index is 5.77. The molecule has 3 heteroatoms. The molecule has 0 bridgehead atoms. The van der Waals surface area contributed by atoms with Gasteiger partial charge in [-0.1, -0.05) is 18.7 Å². The molecule has 17 heavy (non-hydrogen) atoms. The van der Waals surface area contributed by atoms with Gasteiger partial charge in [0.15, 0.2) is 6.23 Å². The smallest absolute Gasteiger partial charge is 0.150 e. The molecule has 2 aromatic rings. The number of nitrogens with zero attached hydrogens (tertiary/aromatic N) is 2. The number of hydrogen-bond donors (Lipinski definition) is 0. The third-order valence-corrected chi connectivity index (χ3v) is 3.28. The minimum atomic E-state index is 0.107. The number of aromatic nitrogens is 2. The van der Waals surface area contributed by atoms with Crippen molar-refractivity contribution in [3.05, 3.63) is 36.5 Å². The van der Waals surface area contributed by atoms with Gasteiger partial charge in [0.25, 0.3) is 0 Å². The normalized spacial score (nSPS) is 20.6. The van der Waals surface area contributed by atoms with Gasteiger partial charge in [-0.3, -0.25) is 0 Å². The second-order valence-electron chi connectivity index (χ2n) is 4.43. The van der Waals surface area contributed by atoms with E-state index in [1.807, 2.05) is 17.0 Å². The second kappa shape index (κ2) is 4.34. The Bertz CT molecular complexity index is 538. The van der Waals surface area contributed by atoms with Gasteiger partial charge in [0.05, 0.1) is 11.7 Å². The average Bonchev–Trinajstić information content (AvgIpc) is 2.82. The lowest BCUT2D eigenvalue weighted by Gasteiger charge is -2.23. The maximum atomic E-state index is 5.77. The second-order valence-corrected chi connectivity index (χ2v) is 4.43. The van der Waals surface area contributed by atoms with Crippen LogP contribution in [0.1, 0.15) is 31.1 Å². The predicted octanol–water partition coefficient (Wildman–Crippen LogP) is 3.38. The molecule has 1 aromatic heterocycles. The highest BCUT2D eigenvalue weighted by atomic mass is 16.5. The highest BCUT2D eigenvalue weighted by Gasteiger charge is 2.18. The van der Waals surface area contributed by atoms with E-state index in [1.54, 1.807) is 0 Å². The molecule has 0 radical (unpaired) electrons. The summed E-state index contributed by atoms with van der Waals surface area (Å²) in [4.78, 5) is 0. The quantitative estimate of drug-likeness (QED) is 0.788. The Balaban J connectivity index is 2.02. The summed E-state index contributed by atoms with van der Waals surface area (Å²) in [6, 6.07) is 6.27. The van der Waals surface area contributed by atoms with Gasteiger partial charge in [-0.25, -0.2) is 4.68 Å². The Labute approximate surface area is 101 Å². The van der Waals surface area contributed by atoms with Gasteiger partial charge in [0.1, 0.15) is 0 Å². The summed E-state index contributed by atoms with van der Waals surface area (Å²) < 4.78 is 7.77. The fraction of sp³-hybridized carbons (Fsp3) is 0.357. The van der Waals surface area contributed by atoms with Crippen LogP contribution in [-0.4, -0.2) is 16.4 Å². The molecule has 1 aliphatic rings. The molecule has 0 N–H and O–H groups in total. The third kappa shape index (κ3) is 1.87. The SMILES string of the molecule is C=Cc1ccc2c(cnn2[C@@H]2CCCCO2)c1. The fourth-order valence-corrected chi connectivity index (χ4v) is 2.34. The van der Waals surface area contributed by atoms with Gasteiger partial charge < -0.3 is 4.74 Å². The zero-order chi connectivity index (χ0) is 11.7. The van der Waals surface area contributed by atoms with E-state index in [-0.39, 0.29) is 6.23 Å². The Kier molecular flexibility index (Phi) is 2.69. The molecule has 1 aromatic carbocycles. The van der Waals surface area contributed by atoms with Crippen molar-refractivity contribution in [2.45, 2.75) is 25.5 Å². The molecule has 0 saturated carbocycles. The van der Waals surface area contributed by atoms with Crippen LogP contribution in [0, 0.1) is 0 Å². The Morgan fingerprint density at radius 1 is 1.41 bits per heavy atom. The molecule has 3 rings (SSSR count). The lowest BCUT2D eigenvalue weighted by atomic mass is 10.1. The van der Waals surface area contributed by atoms with Crippen molar-refractivity contribution in [2.24, 2.45) is 0 Å². The Morgan fingerprint density at radius 2 is 2.35 bits per heavy atom. The molecule has 1 saturated heterocycles. The first-order chi connectivity index (χ1) is 8.38. The van der Waals surface area contributed by atoms with E-state index in [1.165, 1.54) is 6.42 Å². The standard InChI is InChI=1S/C14H16N2O/c1-2-11-6-7-13-12(9-11)10-15-16(13)14-5-3-4-8-17-14/h2,6-7,9-10,14H,1,3-5,8H2/t14-/m0/s1. The van der Waals surface area contributed by atoms with Crippen LogP contribution in [0.2, 0.25) is 0 Å². The van der Waals surface area contributed by atoms with E-state index in [9.17, 15) is 0 Å². The molecule has 0 amide bonds. The molecular weight excluding hydrogens is 212 g/mol. The summed E-state index contributed by atoms with van der Waals surface area (Å²) in [5.74, 6) is 0. The van der Waals surface area contributed by atoms with E-state index in [4.69, 9.17) is 4.74 Å². The molecule has 1 fully saturated rings. The summed E-state index contributed by atoms with van der Waals surface area (Å²) in [5, 5.41) is 5.60. The number of fused-ring (bicyclic) bond motifs is 1. The molecule has 2 heterocycles. The van der Waals surface area contributed by atoms with Gasteiger partial charge in [0, 0.05) is 12.0 Å². The predicted molar refractivity (Wildman–Crippen MR) is 68.7 cm³/mol. The minimum absolute atomic E-state index is 0.107. The van der Waals surface area contributed by atoms with E-state index in [0.29, 0.717) is 0 Å². The third-order valence-electron chi connectivity index (χ3n) is 3.28. The lowest BCUT2D eigenvalue weighted by Crippen LogP contribution is -2.18. The zero-order valence-electron chi connectivity index (χ0n) is 9.80. The van der Waals surface area contributed by atoms with Gasteiger partial charge in [0.2, 0.25) is 0 Å². The van der Waals surface area contributed by atoms with Crippen LogP contribution >= 0.6 is 0 Å². The van der Waals surface area contributed by atoms with Crippen molar-refractivity contribution in [2.75, 3.05) is 6.61 Å². The Morgan fingerprint density at radius 3 is 3.12 bits per heavy atom. The van der Waals surface area contributed by atoms with Crippen molar-refractivity contribution in [1.29, 1.82) is 0 Å². The van der Waals surface area contributed by atoms with Crippen molar-refractivity contribution < 1.29 is 4.74 Å². The monoisotopic (exact) mass is 228 g/mol. The van der Waals surface area contributed by atoms with E-state index >= 15 is 0 Å². The van der Waals surface area contributed by atoms with Gasteiger partial charge in [-0.15, -0.1) is 0 Å². The number of benzene rings is 1. The zero-order valence-corrected chi connectivity index (χ0v) is 9.80. The molecular formula is C14H16N2O. The van der Waals surface area contributed by atoms with Crippen LogP contribution in [0.25, 0.3) is 17.0 Å². The van der Waals surface area contributed by atoms with Crippen LogP contribution < -0.4 is 0 Å². The van der Waals surface area contributed by atoms with E-state index in [2.05, 4.69) is 29.9 Å².